The van der Waals surface area contributed by atoms with Crippen molar-refractivity contribution >= 4 is 0 Å². The Morgan fingerprint density at radius 3 is 2.27 bits per heavy atom. The second-order valence-corrected chi connectivity index (χ2v) is 3.54. The average molecular weight is 207 g/mol. The van der Waals surface area contributed by atoms with Crippen molar-refractivity contribution in [2.75, 3.05) is 0 Å². The summed E-state index contributed by atoms with van der Waals surface area (Å²) >= 11 is 0. The van der Waals surface area contributed by atoms with E-state index in [-0.39, 0.29) is 0 Å². The van der Waals surface area contributed by atoms with Gasteiger partial charge in [0.1, 0.15) is 0 Å². The highest BCUT2D eigenvalue weighted by Crippen LogP contribution is 2.36. The van der Waals surface area contributed by atoms with Crippen LogP contribution in [0.4, 0.5) is 0 Å². The molecule has 0 fully saturated rings. The zero-order valence-corrected chi connectivity index (χ0v) is 11.0. The van der Waals surface area contributed by atoms with E-state index in [9.17, 15) is 0 Å². The van der Waals surface area contributed by atoms with E-state index in [0.29, 0.717) is 5.92 Å². The number of pyridine rings is 1. The SMILES string of the molecule is CC.CC.CC1Cc2ccncc2C1C. The first-order chi connectivity index (χ1) is 7.29. The minimum atomic E-state index is 0.707. The fourth-order valence-corrected chi connectivity index (χ4v) is 1.86. The normalized spacial score (nSPS) is 21.7. The molecule has 1 aliphatic rings. The van der Waals surface area contributed by atoms with Gasteiger partial charge in [0, 0.05) is 12.4 Å². The molecule has 1 heteroatoms. The van der Waals surface area contributed by atoms with Crippen molar-refractivity contribution in [3.8, 4) is 0 Å². The molecule has 2 rings (SSSR count). The molecule has 0 radical (unpaired) electrons. The summed E-state index contributed by atoms with van der Waals surface area (Å²) in [6, 6.07) is 2.15. The number of hydrogen-bond acceptors (Lipinski definition) is 1. The Kier molecular flexibility index (Phi) is 7.02. The molecule has 15 heavy (non-hydrogen) atoms. The van der Waals surface area contributed by atoms with Gasteiger partial charge >= 0.3 is 0 Å². The van der Waals surface area contributed by atoms with Crippen molar-refractivity contribution in [3.05, 3.63) is 29.6 Å². The molecule has 1 heterocycles. The van der Waals surface area contributed by atoms with Gasteiger partial charge in [0.2, 0.25) is 0 Å². The number of aromatic nitrogens is 1. The van der Waals surface area contributed by atoms with Crippen LogP contribution in [0.2, 0.25) is 0 Å². The number of hydrogen-bond donors (Lipinski definition) is 0. The van der Waals surface area contributed by atoms with E-state index in [4.69, 9.17) is 0 Å². The summed E-state index contributed by atoms with van der Waals surface area (Å²) < 4.78 is 0. The van der Waals surface area contributed by atoms with Gasteiger partial charge in [-0.25, -0.2) is 0 Å². The Morgan fingerprint density at radius 1 is 1.13 bits per heavy atom. The van der Waals surface area contributed by atoms with Gasteiger partial charge in [-0.1, -0.05) is 41.5 Å². The second-order valence-electron chi connectivity index (χ2n) is 3.54. The minimum absolute atomic E-state index is 0.707. The van der Waals surface area contributed by atoms with Crippen LogP contribution in [-0.2, 0) is 6.42 Å². The van der Waals surface area contributed by atoms with Crippen LogP contribution < -0.4 is 0 Å². The third-order valence-electron chi connectivity index (χ3n) is 2.83. The quantitative estimate of drug-likeness (QED) is 0.613. The first-order valence-electron chi connectivity index (χ1n) is 6.22. The maximum Gasteiger partial charge on any atom is 0.0305 e. The Labute approximate surface area is 94.9 Å². The third-order valence-corrected chi connectivity index (χ3v) is 2.83. The molecular formula is C14H25N. The van der Waals surface area contributed by atoms with Crippen LogP contribution in [0, 0.1) is 5.92 Å². The van der Waals surface area contributed by atoms with Crippen LogP contribution >= 0.6 is 0 Å². The molecule has 1 aromatic heterocycles. The van der Waals surface area contributed by atoms with Crippen LogP contribution in [0.5, 0.6) is 0 Å². The Balaban J connectivity index is 0.000000442. The molecule has 0 aliphatic heterocycles. The molecule has 0 spiro atoms. The molecule has 0 saturated carbocycles. The molecule has 0 saturated heterocycles. The average Bonchev–Trinajstić information content (AvgIpc) is 2.61. The lowest BCUT2D eigenvalue weighted by Gasteiger charge is -2.07. The van der Waals surface area contributed by atoms with E-state index in [1.807, 2.05) is 40.1 Å². The summed E-state index contributed by atoms with van der Waals surface area (Å²) in [5.74, 6) is 1.51. The fourth-order valence-electron chi connectivity index (χ4n) is 1.86. The third kappa shape index (κ3) is 3.33. The van der Waals surface area contributed by atoms with E-state index >= 15 is 0 Å². The molecular weight excluding hydrogens is 182 g/mol. The van der Waals surface area contributed by atoms with Gasteiger partial charge in [-0.2, -0.15) is 0 Å². The fraction of sp³-hybridized carbons (Fsp3) is 0.643. The first kappa shape index (κ1) is 14.2. The lowest BCUT2D eigenvalue weighted by molar-refractivity contribution is 0.531. The van der Waals surface area contributed by atoms with Crippen molar-refractivity contribution in [1.29, 1.82) is 0 Å². The minimum Gasteiger partial charge on any atom is -0.264 e. The van der Waals surface area contributed by atoms with Crippen LogP contribution in [0.3, 0.4) is 0 Å². The van der Waals surface area contributed by atoms with Crippen molar-refractivity contribution in [2.45, 2.75) is 53.9 Å². The van der Waals surface area contributed by atoms with Gasteiger partial charge in [-0.05, 0) is 35.4 Å². The highest BCUT2D eigenvalue weighted by molar-refractivity contribution is 5.32. The number of fused-ring (bicyclic) bond motifs is 1. The second kappa shape index (κ2) is 7.44. The monoisotopic (exact) mass is 207 g/mol. The maximum absolute atomic E-state index is 4.14. The topological polar surface area (TPSA) is 12.9 Å². The molecule has 0 bridgehead atoms. The van der Waals surface area contributed by atoms with Crippen molar-refractivity contribution in [3.63, 3.8) is 0 Å². The Morgan fingerprint density at radius 2 is 1.73 bits per heavy atom. The summed E-state index contributed by atoms with van der Waals surface area (Å²) in [5.41, 5.74) is 2.96. The molecule has 0 aromatic carbocycles. The lowest BCUT2D eigenvalue weighted by Crippen LogP contribution is -1.97. The summed E-state index contributed by atoms with van der Waals surface area (Å²) in [5, 5.41) is 0. The smallest absolute Gasteiger partial charge is 0.0305 e. The summed E-state index contributed by atoms with van der Waals surface area (Å²) in [6.07, 6.45) is 5.14. The van der Waals surface area contributed by atoms with Crippen LogP contribution in [0.25, 0.3) is 0 Å². The molecule has 2 unspecified atom stereocenters. The van der Waals surface area contributed by atoms with E-state index < -0.39 is 0 Å². The van der Waals surface area contributed by atoms with E-state index in [2.05, 4.69) is 24.9 Å². The first-order valence-corrected chi connectivity index (χ1v) is 6.22. The highest BCUT2D eigenvalue weighted by Gasteiger charge is 2.24. The molecule has 1 aromatic rings. The predicted octanol–water partition coefficient (Wildman–Crippen LogP) is 4.43. The molecule has 0 amide bonds. The van der Waals surface area contributed by atoms with Crippen molar-refractivity contribution < 1.29 is 0 Å². The predicted molar refractivity (Wildman–Crippen MR) is 68.2 cm³/mol. The summed E-state index contributed by atoms with van der Waals surface area (Å²) in [6.45, 7) is 12.6. The van der Waals surface area contributed by atoms with Crippen molar-refractivity contribution in [2.24, 2.45) is 5.92 Å². The van der Waals surface area contributed by atoms with E-state index in [1.165, 1.54) is 17.5 Å². The maximum atomic E-state index is 4.14. The van der Waals surface area contributed by atoms with Gasteiger partial charge in [-0.15, -0.1) is 0 Å². The van der Waals surface area contributed by atoms with Gasteiger partial charge in [0.15, 0.2) is 0 Å². The van der Waals surface area contributed by atoms with Gasteiger partial charge in [0.25, 0.3) is 0 Å². The molecule has 1 aliphatic carbocycles. The number of rotatable bonds is 0. The lowest BCUT2D eigenvalue weighted by atomic mass is 9.98. The Hall–Kier alpha value is -0.850. The van der Waals surface area contributed by atoms with Crippen molar-refractivity contribution in [1.82, 2.24) is 4.98 Å². The van der Waals surface area contributed by atoms with E-state index in [0.717, 1.165) is 5.92 Å². The Bertz CT molecular complexity index is 268. The standard InChI is InChI=1S/C10H13N.2C2H6/c1-7-5-9-3-4-11-6-10(9)8(7)2;2*1-2/h3-4,6-8H,5H2,1-2H3;2*1-2H3. The van der Waals surface area contributed by atoms with Gasteiger partial charge in [-0.3, -0.25) is 4.98 Å². The summed E-state index contributed by atoms with van der Waals surface area (Å²) in [4.78, 5) is 4.14. The zero-order chi connectivity index (χ0) is 11.8. The van der Waals surface area contributed by atoms with Gasteiger partial charge in [0.05, 0.1) is 0 Å². The van der Waals surface area contributed by atoms with E-state index in [1.54, 1.807) is 0 Å². The molecule has 86 valence electrons. The number of nitrogens with zero attached hydrogens (tertiary/aromatic N) is 1. The molecule has 1 nitrogen and oxygen atoms in total. The molecule has 0 N–H and O–H groups in total. The molecule has 2 atom stereocenters. The zero-order valence-electron chi connectivity index (χ0n) is 11.0. The largest absolute Gasteiger partial charge is 0.264 e. The van der Waals surface area contributed by atoms with Crippen LogP contribution in [-0.4, -0.2) is 4.98 Å². The highest BCUT2D eigenvalue weighted by atomic mass is 14.6. The van der Waals surface area contributed by atoms with Crippen LogP contribution in [0.15, 0.2) is 18.5 Å². The van der Waals surface area contributed by atoms with Crippen LogP contribution in [0.1, 0.15) is 58.6 Å². The summed E-state index contributed by atoms with van der Waals surface area (Å²) in [7, 11) is 0. The van der Waals surface area contributed by atoms with Gasteiger partial charge < -0.3 is 0 Å².